The molecule has 34 heavy (non-hydrogen) atoms. The Morgan fingerprint density at radius 3 is 2.94 bits per heavy atom. The Hall–Kier alpha value is -3.62. The Balaban J connectivity index is 1.35. The second-order valence-corrected chi connectivity index (χ2v) is 9.75. The summed E-state index contributed by atoms with van der Waals surface area (Å²) in [5, 5.41) is 13.4. The Morgan fingerprint density at radius 1 is 1.26 bits per heavy atom. The SMILES string of the molecule is CCNC(=O)N1CCC2(CCn3nc(-c4cnc5[nH]cc(-c6ccnn6C(C)C)c5c4)cc32)C1. The van der Waals surface area contributed by atoms with Crippen LogP contribution in [0.1, 0.15) is 45.3 Å². The van der Waals surface area contributed by atoms with Crippen LogP contribution >= 0.6 is 0 Å². The molecule has 0 radical (unpaired) electrons. The molecule has 1 atom stereocenters. The molecule has 0 aromatic carbocycles. The van der Waals surface area contributed by atoms with E-state index in [0.717, 1.165) is 66.0 Å². The molecule has 176 valence electrons. The highest BCUT2D eigenvalue weighted by molar-refractivity contribution is 5.94. The molecule has 1 unspecified atom stereocenters. The fourth-order valence-corrected chi connectivity index (χ4v) is 5.62. The molecule has 6 rings (SSSR count). The van der Waals surface area contributed by atoms with Gasteiger partial charge in [0.25, 0.3) is 0 Å². The minimum absolute atomic E-state index is 0.00310. The van der Waals surface area contributed by atoms with E-state index in [1.165, 1.54) is 5.69 Å². The zero-order chi connectivity index (χ0) is 23.4. The van der Waals surface area contributed by atoms with Gasteiger partial charge in [0.15, 0.2) is 0 Å². The van der Waals surface area contributed by atoms with Crippen LogP contribution in [-0.2, 0) is 12.0 Å². The molecule has 9 heteroatoms. The number of pyridine rings is 1. The topological polar surface area (TPSA) is 96.7 Å². The maximum atomic E-state index is 12.4. The number of carbonyl (C=O) groups is 1. The number of carbonyl (C=O) groups excluding carboxylic acids is 1. The number of amides is 2. The average molecular weight is 459 g/mol. The number of aromatic amines is 1. The first-order chi connectivity index (χ1) is 16.5. The number of aryl methyl sites for hydroxylation is 1. The third-order valence-corrected chi connectivity index (χ3v) is 7.36. The Kier molecular flexibility index (Phi) is 4.75. The quantitative estimate of drug-likeness (QED) is 0.484. The molecule has 2 aliphatic rings. The van der Waals surface area contributed by atoms with Gasteiger partial charge in [-0.1, -0.05) is 0 Å². The molecule has 1 saturated heterocycles. The second-order valence-electron chi connectivity index (χ2n) is 9.75. The van der Waals surface area contributed by atoms with E-state index in [2.05, 4.69) is 46.1 Å². The van der Waals surface area contributed by atoms with Gasteiger partial charge in [0.2, 0.25) is 0 Å². The van der Waals surface area contributed by atoms with Crippen molar-refractivity contribution in [1.82, 2.24) is 39.7 Å². The molecule has 2 aliphatic heterocycles. The first-order valence-corrected chi connectivity index (χ1v) is 12.1. The molecule has 0 saturated carbocycles. The van der Waals surface area contributed by atoms with E-state index in [0.29, 0.717) is 6.54 Å². The van der Waals surface area contributed by atoms with Gasteiger partial charge in [-0.25, -0.2) is 9.78 Å². The summed E-state index contributed by atoms with van der Waals surface area (Å²) in [4.78, 5) is 22.3. The van der Waals surface area contributed by atoms with Crippen molar-refractivity contribution in [3.8, 4) is 22.5 Å². The summed E-state index contributed by atoms with van der Waals surface area (Å²) in [6.07, 6.45) is 7.75. The van der Waals surface area contributed by atoms with Crippen LogP contribution in [0.25, 0.3) is 33.5 Å². The summed E-state index contributed by atoms with van der Waals surface area (Å²) < 4.78 is 4.16. The molecule has 0 bridgehead atoms. The first kappa shape index (κ1) is 20.9. The first-order valence-electron chi connectivity index (χ1n) is 12.1. The van der Waals surface area contributed by atoms with Crippen LogP contribution in [0.2, 0.25) is 0 Å². The van der Waals surface area contributed by atoms with Gasteiger partial charge in [-0.15, -0.1) is 0 Å². The van der Waals surface area contributed by atoms with E-state index in [1.54, 1.807) is 0 Å². The van der Waals surface area contributed by atoms with Crippen LogP contribution in [0.3, 0.4) is 0 Å². The molecule has 1 spiro atoms. The van der Waals surface area contributed by atoms with E-state index in [-0.39, 0.29) is 17.5 Å². The normalized spacial score (nSPS) is 19.6. The van der Waals surface area contributed by atoms with Crippen LogP contribution in [0, 0.1) is 0 Å². The standard InChI is InChI=1S/C25H30N8O/c1-4-26-24(34)31-9-6-25(15-31)7-10-32-22(25)12-20(30-32)17-11-18-19(14-28-23(18)27-13-17)21-5-8-29-33(21)16(2)3/h5,8,11-14,16H,4,6-7,9-10,15H2,1-3H3,(H,26,34)(H,27,28). The largest absolute Gasteiger partial charge is 0.345 e. The molecular weight excluding hydrogens is 428 g/mol. The fourth-order valence-electron chi connectivity index (χ4n) is 5.62. The lowest BCUT2D eigenvalue weighted by Gasteiger charge is -2.23. The molecule has 6 heterocycles. The van der Waals surface area contributed by atoms with Crippen LogP contribution in [0.15, 0.2) is 36.8 Å². The van der Waals surface area contributed by atoms with E-state index < -0.39 is 0 Å². The smallest absolute Gasteiger partial charge is 0.317 e. The van der Waals surface area contributed by atoms with Crippen LogP contribution in [-0.4, -0.2) is 60.1 Å². The zero-order valence-corrected chi connectivity index (χ0v) is 19.9. The van der Waals surface area contributed by atoms with Crippen molar-refractivity contribution >= 4 is 17.1 Å². The van der Waals surface area contributed by atoms with Crippen molar-refractivity contribution in [3.05, 3.63) is 42.5 Å². The molecule has 2 N–H and O–H groups in total. The van der Waals surface area contributed by atoms with Gasteiger partial charge in [-0.3, -0.25) is 9.36 Å². The average Bonchev–Trinajstić information content (AvgIpc) is 3.63. The van der Waals surface area contributed by atoms with Crippen LogP contribution in [0.4, 0.5) is 4.79 Å². The van der Waals surface area contributed by atoms with Crippen molar-refractivity contribution in [1.29, 1.82) is 0 Å². The van der Waals surface area contributed by atoms with Crippen molar-refractivity contribution in [2.75, 3.05) is 19.6 Å². The van der Waals surface area contributed by atoms with Gasteiger partial charge < -0.3 is 15.2 Å². The van der Waals surface area contributed by atoms with Crippen LogP contribution in [0.5, 0.6) is 0 Å². The second kappa shape index (κ2) is 7.72. The van der Waals surface area contributed by atoms with Crippen molar-refractivity contribution < 1.29 is 4.79 Å². The van der Waals surface area contributed by atoms with E-state index >= 15 is 0 Å². The number of H-pyrrole nitrogens is 1. The summed E-state index contributed by atoms with van der Waals surface area (Å²) in [6, 6.07) is 6.73. The predicted octanol–water partition coefficient (Wildman–Crippen LogP) is 3.95. The third-order valence-electron chi connectivity index (χ3n) is 7.36. The van der Waals surface area contributed by atoms with Crippen LogP contribution < -0.4 is 5.32 Å². The molecule has 9 nitrogen and oxygen atoms in total. The van der Waals surface area contributed by atoms with Crippen molar-refractivity contribution in [3.63, 3.8) is 0 Å². The summed E-state index contributed by atoms with van der Waals surface area (Å²) >= 11 is 0. The number of fused-ring (bicyclic) bond motifs is 3. The molecule has 4 aromatic rings. The monoisotopic (exact) mass is 458 g/mol. The number of hydrogen-bond acceptors (Lipinski definition) is 4. The number of rotatable bonds is 4. The van der Waals surface area contributed by atoms with Gasteiger partial charge in [-0.05, 0) is 51.8 Å². The van der Waals surface area contributed by atoms with Crippen molar-refractivity contribution in [2.45, 2.75) is 51.6 Å². The third kappa shape index (κ3) is 3.13. The number of nitrogens with one attached hydrogen (secondary N) is 2. The van der Waals surface area contributed by atoms with E-state index in [1.807, 2.05) is 41.2 Å². The maximum absolute atomic E-state index is 12.4. The molecule has 0 aliphatic carbocycles. The summed E-state index contributed by atoms with van der Waals surface area (Å²) in [6.45, 7) is 9.30. The van der Waals surface area contributed by atoms with Gasteiger partial charge in [0.05, 0.1) is 11.4 Å². The van der Waals surface area contributed by atoms with Gasteiger partial charge >= 0.3 is 6.03 Å². The lowest BCUT2D eigenvalue weighted by molar-refractivity contribution is 0.206. The highest BCUT2D eigenvalue weighted by Crippen LogP contribution is 2.44. The Morgan fingerprint density at radius 2 is 2.12 bits per heavy atom. The number of aromatic nitrogens is 6. The minimum Gasteiger partial charge on any atom is -0.345 e. The van der Waals surface area contributed by atoms with Gasteiger partial charge in [0.1, 0.15) is 5.65 Å². The molecule has 1 fully saturated rings. The summed E-state index contributed by atoms with van der Waals surface area (Å²) in [7, 11) is 0. The number of hydrogen-bond donors (Lipinski definition) is 2. The molecule has 4 aromatic heterocycles. The highest BCUT2D eigenvalue weighted by atomic mass is 16.2. The minimum atomic E-state index is -0.00310. The molecular formula is C25H30N8O. The number of likely N-dealkylation sites (tertiary alicyclic amines) is 1. The van der Waals surface area contributed by atoms with Crippen molar-refractivity contribution in [2.24, 2.45) is 0 Å². The van der Waals surface area contributed by atoms with Gasteiger partial charge in [0, 0.05) is 78.4 Å². The Bertz CT molecular complexity index is 1380. The van der Waals surface area contributed by atoms with Gasteiger partial charge in [-0.2, -0.15) is 10.2 Å². The van der Waals surface area contributed by atoms with E-state index in [4.69, 9.17) is 10.1 Å². The number of urea groups is 1. The zero-order valence-electron chi connectivity index (χ0n) is 19.9. The Labute approximate surface area is 198 Å². The number of nitrogens with zero attached hydrogens (tertiary/aromatic N) is 6. The maximum Gasteiger partial charge on any atom is 0.317 e. The summed E-state index contributed by atoms with van der Waals surface area (Å²) in [5.74, 6) is 0. The lowest BCUT2D eigenvalue weighted by Crippen LogP contribution is -2.40. The highest BCUT2D eigenvalue weighted by Gasteiger charge is 2.46. The fraction of sp³-hybridized carbons (Fsp3) is 0.440. The van der Waals surface area contributed by atoms with E-state index in [9.17, 15) is 4.79 Å². The molecule has 2 amide bonds. The lowest BCUT2D eigenvalue weighted by atomic mass is 9.82. The summed E-state index contributed by atoms with van der Waals surface area (Å²) in [5.41, 5.74) is 6.18. The predicted molar refractivity (Wildman–Crippen MR) is 130 cm³/mol.